The minimum Gasteiger partial charge on any atom is -0.394 e. The van der Waals surface area contributed by atoms with Gasteiger partial charge in [-0.15, -0.1) is 0 Å². The lowest BCUT2D eigenvalue weighted by Gasteiger charge is -2.14. The summed E-state index contributed by atoms with van der Waals surface area (Å²) >= 11 is 0. The van der Waals surface area contributed by atoms with Crippen LogP contribution in [0.5, 0.6) is 0 Å². The van der Waals surface area contributed by atoms with Crippen LogP contribution in [0.2, 0.25) is 0 Å². The van der Waals surface area contributed by atoms with Crippen molar-refractivity contribution in [3.05, 3.63) is 5.69 Å². The van der Waals surface area contributed by atoms with Gasteiger partial charge in [-0.1, -0.05) is 6.92 Å². The second kappa shape index (κ2) is 4.50. The molecule has 0 aliphatic rings. The first kappa shape index (κ1) is 11.8. The molecule has 86 valence electrons. The van der Waals surface area contributed by atoms with E-state index in [1.807, 2.05) is 6.92 Å². The van der Waals surface area contributed by atoms with Crippen LogP contribution < -0.4 is 11.5 Å². The number of nitrogens with zero attached hydrogens (tertiary/aromatic N) is 2. The number of hydrogen-bond acceptors (Lipinski definition) is 5. The van der Waals surface area contributed by atoms with Crippen LogP contribution in [0, 0.1) is 0 Å². The highest BCUT2D eigenvalue weighted by Crippen LogP contribution is 2.20. The van der Waals surface area contributed by atoms with Gasteiger partial charge in [-0.05, 0) is 13.3 Å². The highest BCUT2D eigenvalue weighted by molar-refractivity contribution is 5.61. The van der Waals surface area contributed by atoms with Gasteiger partial charge in [0.05, 0.1) is 30.1 Å². The van der Waals surface area contributed by atoms with E-state index in [-0.39, 0.29) is 12.4 Å². The van der Waals surface area contributed by atoms with Gasteiger partial charge in [0, 0.05) is 0 Å². The summed E-state index contributed by atoms with van der Waals surface area (Å²) in [5, 5.41) is 22.7. The van der Waals surface area contributed by atoms with Crippen LogP contribution in [0.25, 0.3) is 0 Å². The molecular weight excluding hydrogens is 196 g/mol. The summed E-state index contributed by atoms with van der Waals surface area (Å²) in [6.45, 7) is 3.65. The monoisotopic (exact) mass is 214 g/mol. The first-order valence-corrected chi connectivity index (χ1v) is 4.94. The van der Waals surface area contributed by atoms with Gasteiger partial charge in [0.15, 0.2) is 5.82 Å². The molecule has 0 radical (unpaired) electrons. The highest BCUT2D eigenvalue weighted by Gasteiger charge is 2.17. The maximum absolute atomic E-state index is 9.51. The van der Waals surface area contributed by atoms with E-state index in [1.165, 1.54) is 6.92 Å². The van der Waals surface area contributed by atoms with Crippen LogP contribution >= 0.6 is 0 Å². The summed E-state index contributed by atoms with van der Waals surface area (Å²) in [5.74, 6) is 0.268. The maximum Gasteiger partial charge on any atom is 0.169 e. The van der Waals surface area contributed by atoms with Crippen molar-refractivity contribution in [1.29, 1.82) is 0 Å². The standard InChI is InChI=1S/C9H18N4O2/c1-3-6-8(10)9(11)12-13(6)4-7(15)5(2)14/h5,7,14-15H,3-4,10H2,1-2H3,(H2,11,12). The minimum absolute atomic E-state index is 0.197. The van der Waals surface area contributed by atoms with Crippen molar-refractivity contribution in [3.8, 4) is 0 Å². The molecule has 6 nitrogen and oxygen atoms in total. The molecule has 0 bridgehead atoms. The Morgan fingerprint density at radius 1 is 1.40 bits per heavy atom. The average molecular weight is 214 g/mol. The van der Waals surface area contributed by atoms with Gasteiger partial charge in [0.25, 0.3) is 0 Å². The number of aliphatic hydroxyl groups excluding tert-OH is 2. The molecule has 0 saturated carbocycles. The lowest BCUT2D eigenvalue weighted by molar-refractivity contribution is 0.0182. The SMILES string of the molecule is CCc1c(N)c(N)nn1CC(O)C(C)O. The molecule has 2 unspecified atom stereocenters. The molecule has 2 atom stereocenters. The van der Waals surface area contributed by atoms with Crippen LogP contribution in [0.4, 0.5) is 11.5 Å². The first-order valence-electron chi connectivity index (χ1n) is 4.94. The molecule has 0 amide bonds. The van der Waals surface area contributed by atoms with E-state index in [1.54, 1.807) is 4.68 Å². The molecule has 1 rings (SSSR count). The number of hydrogen-bond donors (Lipinski definition) is 4. The summed E-state index contributed by atoms with van der Waals surface area (Å²) in [5.41, 5.74) is 12.5. The van der Waals surface area contributed by atoms with Crippen molar-refractivity contribution in [3.63, 3.8) is 0 Å². The Hall–Kier alpha value is -1.27. The van der Waals surface area contributed by atoms with Gasteiger partial charge in [-0.25, -0.2) is 0 Å². The normalized spacial score (nSPS) is 15.2. The molecule has 1 aromatic rings. The number of aliphatic hydroxyl groups is 2. The number of nitrogen functional groups attached to an aromatic ring is 2. The Kier molecular flexibility index (Phi) is 3.54. The molecule has 6 heteroatoms. The molecule has 0 aromatic carbocycles. The van der Waals surface area contributed by atoms with E-state index >= 15 is 0 Å². The van der Waals surface area contributed by atoms with Crippen molar-refractivity contribution in [1.82, 2.24) is 9.78 Å². The summed E-state index contributed by atoms with van der Waals surface area (Å²) in [4.78, 5) is 0. The second-order valence-electron chi connectivity index (χ2n) is 3.59. The molecule has 6 N–H and O–H groups in total. The predicted molar refractivity (Wildman–Crippen MR) is 58.1 cm³/mol. The molecule has 0 aliphatic carbocycles. The van der Waals surface area contributed by atoms with Crippen LogP contribution in [-0.2, 0) is 13.0 Å². The van der Waals surface area contributed by atoms with Gasteiger partial charge < -0.3 is 21.7 Å². The molecule has 0 spiro atoms. The lowest BCUT2D eigenvalue weighted by atomic mass is 10.2. The van der Waals surface area contributed by atoms with Crippen molar-refractivity contribution in [2.24, 2.45) is 0 Å². The predicted octanol–water partition coefficient (Wildman–Crippen LogP) is -0.648. The largest absolute Gasteiger partial charge is 0.394 e. The van der Waals surface area contributed by atoms with E-state index in [0.29, 0.717) is 12.1 Å². The van der Waals surface area contributed by atoms with E-state index in [0.717, 1.165) is 5.69 Å². The van der Waals surface area contributed by atoms with Gasteiger partial charge >= 0.3 is 0 Å². The summed E-state index contributed by atoms with van der Waals surface area (Å²) in [6, 6.07) is 0. The van der Waals surface area contributed by atoms with E-state index < -0.39 is 12.2 Å². The Balaban J connectivity index is 2.90. The zero-order valence-corrected chi connectivity index (χ0v) is 9.01. The van der Waals surface area contributed by atoms with Crippen molar-refractivity contribution in [2.45, 2.75) is 39.0 Å². The van der Waals surface area contributed by atoms with Crippen molar-refractivity contribution in [2.75, 3.05) is 11.5 Å². The van der Waals surface area contributed by atoms with Crippen molar-refractivity contribution < 1.29 is 10.2 Å². The molecule has 0 fully saturated rings. The van der Waals surface area contributed by atoms with Gasteiger partial charge in [-0.2, -0.15) is 5.10 Å². The third-order valence-corrected chi connectivity index (χ3v) is 2.38. The van der Waals surface area contributed by atoms with E-state index in [9.17, 15) is 5.11 Å². The van der Waals surface area contributed by atoms with Crippen molar-refractivity contribution >= 4 is 11.5 Å². The zero-order valence-electron chi connectivity index (χ0n) is 9.01. The van der Waals surface area contributed by atoms with Gasteiger partial charge in [0.2, 0.25) is 0 Å². The number of aromatic nitrogens is 2. The maximum atomic E-state index is 9.51. The lowest BCUT2D eigenvalue weighted by Crippen LogP contribution is -2.29. The quantitative estimate of drug-likeness (QED) is 0.532. The summed E-state index contributed by atoms with van der Waals surface area (Å²) in [7, 11) is 0. The third-order valence-electron chi connectivity index (χ3n) is 2.38. The van der Waals surface area contributed by atoms with Gasteiger partial charge in [0.1, 0.15) is 0 Å². The van der Waals surface area contributed by atoms with Crippen LogP contribution in [0.1, 0.15) is 19.5 Å². The Labute approximate surface area is 88.5 Å². The average Bonchev–Trinajstić information content (AvgIpc) is 2.42. The fraction of sp³-hybridized carbons (Fsp3) is 0.667. The third kappa shape index (κ3) is 2.40. The van der Waals surface area contributed by atoms with E-state index in [2.05, 4.69) is 5.10 Å². The Bertz CT molecular complexity index is 335. The second-order valence-corrected chi connectivity index (χ2v) is 3.59. The summed E-state index contributed by atoms with van der Waals surface area (Å²) in [6.07, 6.45) is -0.988. The smallest absolute Gasteiger partial charge is 0.169 e. The molecule has 15 heavy (non-hydrogen) atoms. The molecular formula is C9H18N4O2. The molecule has 0 saturated heterocycles. The minimum atomic E-state index is -0.867. The first-order chi connectivity index (χ1) is 6.97. The molecule has 1 aromatic heterocycles. The van der Waals surface area contributed by atoms with E-state index in [4.69, 9.17) is 16.6 Å². The number of nitrogens with two attached hydrogens (primary N) is 2. The molecule has 1 heterocycles. The number of rotatable bonds is 4. The Morgan fingerprint density at radius 3 is 2.47 bits per heavy atom. The fourth-order valence-corrected chi connectivity index (χ4v) is 1.38. The summed E-state index contributed by atoms with van der Waals surface area (Å²) < 4.78 is 1.54. The zero-order chi connectivity index (χ0) is 11.6. The topological polar surface area (TPSA) is 110 Å². The van der Waals surface area contributed by atoms with Crippen LogP contribution in [0.15, 0.2) is 0 Å². The van der Waals surface area contributed by atoms with Crippen LogP contribution in [0.3, 0.4) is 0 Å². The van der Waals surface area contributed by atoms with Crippen LogP contribution in [-0.4, -0.2) is 32.2 Å². The highest BCUT2D eigenvalue weighted by atomic mass is 16.3. The molecule has 0 aliphatic heterocycles. The van der Waals surface area contributed by atoms with Gasteiger partial charge in [-0.3, -0.25) is 4.68 Å². The number of anilines is 2. The Morgan fingerprint density at radius 2 is 2.00 bits per heavy atom. The fourth-order valence-electron chi connectivity index (χ4n) is 1.38.